The maximum atomic E-state index is 12.6. The van der Waals surface area contributed by atoms with Crippen LogP contribution in [0.2, 0.25) is 0 Å². The van der Waals surface area contributed by atoms with E-state index < -0.39 is 29.2 Å². The Hall–Kier alpha value is -1.02. The highest BCUT2D eigenvalue weighted by Crippen LogP contribution is 2.27. The highest BCUT2D eigenvalue weighted by Gasteiger charge is 2.47. The lowest BCUT2D eigenvalue weighted by molar-refractivity contribution is -0.163. The van der Waals surface area contributed by atoms with Crippen LogP contribution in [0.4, 0.5) is 0 Å². The zero-order chi connectivity index (χ0) is 18.4. The minimum absolute atomic E-state index is 0.0114. The number of carbonyl (C=O) groups is 2. The third-order valence-electron chi connectivity index (χ3n) is 4.26. The van der Waals surface area contributed by atoms with E-state index in [2.05, 4.69) is 16.0 Å². The molecule has 0 aliphatic heterocycles. The molecule has 0 aliphatic carbocycles. The van der Waals surface area contributed by atoms with Crippen molar-refractivity contribution in [1.29, 1.82) is 0 Å². The lowest BCUT2D eigenvalue weighted by atomic mass is 9.81. The van der Waals surface area contributed by atoms with E-state index in [9.17, 15) is 14.7 Å². The van der Waals surface area contributed by atoms with Gasteiger partial charge in [-0.15, -0.1) is 0 Å². The predicted molar refractivity (Wildman–Crippen MR) is 90.0 cm³/mol. The number of aliphatic hydroxyl groups is 1. The second-order valence-corrected chi connectivity index (χ2v) is 6.88. The van der Waals surface area contributed by atoms with Gasteiger partial charge in [-0.2, -0.15) is 0 Å². The fourth-order valence-electron chi connectivity index (χ4n) is 2.48. The number of Topliss-reactive ketones (excluding diaryl/α,β-unsaturated/α-hetero) is 1. The van der Waals surface area contributed by atoms with Crippen LogP contribution in [0, 0.1) is 11.3 Å². The second-order valence-electron chi connectivity index (χ2n) is 6.88. The summed E-state index contributed by atoms with van der Waals surface area (Å²) in [6, 6.07) is -0.531. The molecule has 0 heterocycles. The zero-order valence-electron chi connectivity index (χ0n) is 15.6. The Morgan fingerprint density at radius 2 is 1.57 bits per heavy atom. The summed E-state index contributed by atoms with van der Waals surface area (Å²) in [5.41, 5.74) is -2.24. The van der Waals surface area contributed by atoms with Gasteiger partial charge in [0.25, 0.3) is 0 Å². The van der Waals surface area contributed by atoms with E-state index in [4.69, 9.17) is 4.74 Å². The van der Waals surface area contributed by atoms with Crippen LogP contribution in [0.25, 0.3) is 0 Å². The van der Waals surface area contributed by atoms with Crippen LogP contribution in [0.1, 0.15) is 34.6 Å². The Bertz CT molecular complexity index is 406. The summed E-state index contributed by atoms with van der Waals surface area (Å²) in [5.74, 6) is -1.04. The van der Waals surface area contributed by atoms with E-state index >= 15 is 0 Å². The maximum absolute atomic E-state index is 12.6. The summed E-state index contributed by atoms with van der Waals surface area (Å²) >= 11 is 0. The first-order valence-corrected chi connectivity index (χ1v) is 7.94. The first-order valence-electron chi connectivity index (χ1n) is 7.94. The summed E-state index contributed by atoms with van der Waals surface area (Å²) in [6.07, 6.45) is -0.624. The van der Waals surface area contributed by atoms with E-state index in [1.54, 1.807) is 14.0 Å². The zero-order valence-corrected chi connectivity index (χ0v) is 15.6. The molecule has 7 nitrogen and oxygen atoms in total. The van der Waals surface area contributed by atoms with Crippen molar-refractivity contribution in [2.45, 2.75) is 52.4 Å². The van der Waals surface area contributed by atoms with E-state index in [0.717, 1.165) is 0 Å². The van der Waals surface area contributed by atoms with Gasteiger partial charge in [-0.3, -0.25) is 15.4 Å². The number of rotatable bonds is 10. The maximum Gasteiger partial charge on any atom is 0.349 e. The average molecular weight is 331 g/mol. The van der Waals surface area contributed by atoms with Crippen molar-refractivity contribution in [2.24, 2.45) is 11.3 Å². The Labute approximate surface area is 139 Å². The van der Waals surface area contributed by atoms with Crippen molar-refractivity contribution in [3.63, 3.8) is 0 Å². The summed E-state index contributed by atoms with van der Waals surface area (Å²) in [7, 11) is 4.68. The van der Waals surface area contributed by atoms with Crippen molar-refractivity contribution >= 4 is 11.8 Å². The Balaban J connectivity index is 5.19. The number of carbonyl (C=O) groups excluding carboxylic acids is 2. The molecule has 0 aromatic heterocycles. The van der Waals surface area contributed by atoms with Gasteiger partial charge in [0.05, 0.1) is 18.8 Å². The van der Waals surface area contributed by atoms with Crippen LogP contribution < -0.4 is 16.0 Å². The van der Waals surface area contributed by atoms with Gasteiger partial charge in [-0.1, -0.05) is 27.7 Å². The molecule has 0 aliphatic rings. The first kappa shape index (κ1) is 22.0. The van der Waals surface area contributed by atoms with Crippen LogP contribution in [-0.2, 0) is 14.3 Å². The molecule has 4 N–H and O–H groups in total. The number of hydrogen-bond donors (Lipinski definition) is 4. The molecule has 7 heteroatoms. The number of likely N-dealkylation sites (N-methyl/N-ethyl adjacent to an activating group) is 3. The smallest absolute Gasteiger partial charge is 0.349 e. The fourth-order valence-corrected chi connectivity index (χ4v) is 2.48. The van der Waals surface area contributed by atoms with Crippen molar-refractivity contribution in [1.82, 2.24) is 16.0 Å². The third-order valence-corrected chi connectivity index (χ3v) is 4.26. The molecule has 23 heavy (non-hydrogen) atoms. The van der Waals surface area contributed by atoms with Crippen molar-refractivity contribution in [3.8, 4) is 0 Å². The van der Waals surface area contributed by atoms with Gasteiger partial charge in [0, 0.05) is 5.41 Å². The van der Waals surface area contributed by atoms with Crippen LogP contribution in [0.5, 0.6) is 0 Å². The third kappa shape index (κ3) is 4.97. The predicted octanol–water partition coefficient (Wildman–Crippen LogP) is -0.115. The van der Waals surface area contributed by atoms with Gasteiger partial charge < -0.3 is 15.2 Å². The Kier molecular flexibility index (Phi) is 8.34. The molecule has 0 saturated heterocycles. The molecule has 0 aromatic rings. The fraction of sp³-hybridized carbons (Fsp3) is 0.875. The number of aliphatic hydroxyl groups excluding tert-OH is 1. The lowest BCUT2D eigenvalue weighted by Gasteiger charge is -2.35. The van der Waals surface area contributed by atoms with Gasteiger partial charge in [0.2, 0.25) is 5.66 Å². The van der Waals surface area contributed by atoms with E-state index in [0.29, 0.717) is 0 Å². The molecule has 2 unspecified atom stereocenters. The van der Waals surface area contributed by atoms with Crippen LogP contribution in [0.3, 0.4) is 0 Å². The second kappa shape index (κ2) is 8.73. The van der Waals surface area contributed by atoms with Gasteiger partial charge >= 0.3 is 5.97 Å². The minimum Gasteiger partial charge on any atom is -0.462 e. The molecule has 0 fully saturated rings. The van der Waals surface area contributed by atoms with Gasteiger partial charge in [0.15, 0.2) is 5.78 Å². The summed E-state index contributed by atoms with van der Waals surface area (Å²) in [5, 5.41) is 18.5. The number of esters is 1. The number of hydrogen-bond acceptors (Lipinski definition) is 7. The van der Waals surface area contributed by atoms with Gasteiger partial charge in [0.1, 0.15) is 0 Å². The Morgan fingerprint density at radius 1 is 1.09 bits per heavy atom. The minimum atomic E-state index is -1.62. The average Bonchev–Trinajstić information content (AvgIpc) is 2.52. The highest BCUT2D eigenvalue weighted by molar-refractivity contribution is 6.10. The lowest BCUT2D eigenvalue weighted by Crippen LogP contribution is -2.69. The van der Waals surface area contributed by atoms with Crippen molar-refractivity contribution < 1.29 is 19.4 Å². The van der Waals surface area contributed by atoms with Crippen LogP contribution >= 0.6 is 0 Å². The summed E-state index contributed by atoms with van der Waals surface area (Å²) in [4.78, 5) is 25.1. The van der Waals surface area contributed by atoms with E-state index in [1.165, 1.54) is 14.1 Å². The standard InChI is InChI=1S/C16H33N3O4/c1-10(2)12(20)15(4,5)9-23-14(22)16(18-7,19-8)13(21)11(3)17-6/h10-12,17-20H,9H2,1-8H3. The normalized spacial score (nSPS) is 15.4. The molecule has 0 rings (SSSR count). The van der Waals surface area contributed by atoms with Crippen LogP contribution in [0.15, 0.2) is 0 Å². The molecule has 0 aromatic carbocycles. The van der Waals surface area contributed by atoms with Gasteiger partial charge in [-0.25, -0.2) is 4.79 Å². The Morgan fingerprint density at radius 3 is 1.91 bits per heavy atom. The van der Waals surface area contributed by atoms with E-state index in [1.807, 2.05) is 27.7 Å². The molecule has 0 amide bonds. The summed E-state index contributed by atoms with van der Waals surface area (Å²) in [6.45, 7) is 9.13. The first-order chi connectivity index (χ1) is 10.5. The number of ether oxygens (including phenoxy) is 1. The highest BCUT2D eigenvalue weighted by atomic mass is 16.5. The topological polar surface area (TPSA) is 99.7 Å². The van der Waals surface area contributed by atoms with Crippen LogP contribution in [-0.4, -0.2) is 62.4 Å². The quantitative estimate of drug-likeness (QED) is 0.252. The number of nitrogens with one attached hydrogen (secondary N) is 3. The van der Waals surface area contributed by atoms with Crippen molar-refractivity contribution in [2.75, 3.05) is 27.7 Å². The largest absolute Gasteiger partial charge is 0.462 e. The molecule has 136 valence electrons. The summed E-state index contributed by atoms with van der Waals surface area (Å²) < 4.78 is 5.37. The molecule has 0 saturated carbocycles. The molecule has 0 spiro atoms. The molecule has 0 radical (unpaired) electrons. The number of ketones is 1. The molecular formula is C16H33N3O4. The SMILES string of the molecule is CNC(C)C(=O)C(NC)(NC)C(=O)OCC(C)(C)C(O)C(C)C. The van der Waals surface area contributed by atoms with Crippen molar-refractivity contribution in [3.05, 3.63) is 0 Å². The monoisotopic (exact) mass is 331 g/mol. The molecule has 0 bridgehead atoms. The van der Waals surface area contributed by atoms with E-state index in [-0.39, 0.29) is 18.3 Å². The van der Waals surface area contributed by atoms with Gasteiger partial charge in [-0.05, 0) is 34.0 Å². The molecular weight excluding hydrogens is 298 g/mol. The molecule has 2 atom stereocenters.